The third kappa shape index (κ3) is 7.59. The summed E-state index contributed by atoms with van der Waals surface area (Å²) in [4.78, 5) is 35.9. The average Bonchev–Trinajstić information content (AvgIpc) is 3.15. The number of ketones is 1. The van der Waals surface area contributed by atoms with E-state index in [0.29, 0.717) is 23.6 Å². The molecule has 138 valence electrons. The fourth-order valence-electron chi connectivity index (χ4n) is 1.98. The molecule has 0 aliphatic rings. The summed E-state index contributed by atoms with van der Waals surface area (Å²) >= 11 is 8.36. The van der Waals surface area contributed by atoms with Crippen LogP contribution in [0.2, 0.25) is 5.02 Å². The summed E-state index contributed by atoms with van der Waals surface area (Å²) in [6.45, 7) is 0.202. The zero-order chi connectivity index (χ0) is 18.8. The van der Waals surface area contributed by atoms with Crippen molar-refractivity contribution in [1.82, 2.24) is 0 Å². The number of Topliss-reactive ketones (excluding diaryl/α,β-unsaturated/α-hetero) is 1. The van der Waals surface area contributed by atoms with Gasteiger partial charge in [-0.3, -0.25) is 14.4 Å². The van der Waals surface area contributed by atoms with Gasteiger partial charge in [0.2, 0.25) is 5.91 Å². The lowest BCUT2D eigenvalue weighted by Crippen LogP contribution is -2.16. The van der Waals surface area contributed by atoms with E-state index >= 15 is 0 Å². The number of ether oxygens (including phenoxy) is 1. The van der Waals surface area contributed by atoms with Gasteiger partial charge in [0.1, 0.15) is 0 Å². The van der Waals surface area contributed by atoms with Gasteiger partial charge in [0.05, 0.1) is 23.0 Å². The fraction of sp³-hybridized carbons (Fsp3) is 0.278. The van der Waals surface area contributed by atoms with E-state index in [9.17, 15) is 14.4 Å². The number of thiophene rings is 1. The quantitative estimate of drug-likeness (QED) is 0.359. The molecule has 1 aromatic heterocycles. The highest BCUT2D eigenvalue weighted by Gasteiger charge is 2.09. The Hall–Kier alpha value is -1.83. The molecule has 0 aliphatic carbocycles. The van der Waals surface area contributed by atoms with Crippen LogP contribution in [0.1, 0.15) is 22.5 Å². The maximum Gasteiger partial charge on any atom is 0.315 e. The van der Waals surface area contributed by atoms with Gasteiger partial charge >= 0.3 is 5.97 Å². The molecule has 0 unspecified atom stereocenters. The molecule has 2 aromatic rings. The van der Waals surface area contributed by atoms with Crippen LogP contribution in [0.5, 0.6) is 0 Å². The third-order valence-corrected chi connectivity index (χ3v) is 5.26. The van der Waals surface area contributed by atoms with Crippen molar-refractivity contribution in [2.24, 2.45) is 0 Å². The first-order valence-electron chi connectivity index (χ1n) is 7.90. The number of esters is 1. The van der Waals surface area contributed by atoms with Crippen LogP contribution in [0.4, 0.5) is 5.69 Å². The standard InChI is InChI=1S/C18H18ClNO4S2/c19-13-5-7-14(8-6-13)20-17(22)11-25-12-18(23)24-9-1-3-15(21)16-4-2-10-26-16/h2,4-8,10H,1,3,9,11-12H2,(H,20,22). The molecule has 0 radical (unpaired) electrons. The summed E-state index contributed by atoms with van der Waals surface area (Å²) in [6, 6.07) is 10.4. The van der Waals surface area contributed by atoms with Gasteiger partial charge in [0, 0.05) is 17.1 Å². The van der Waals surface area contributed by atoms with Crippen LogP contribution in [0.25, 0.3) is 0 Å². The Bertz CT molecular complexity index is 732. The van der Waals surface area contributed by atoms with Gasteiger partial charge in [-0.1, -0.05) is 17.7 Å². The maximum atomic E-state index is 11.8. The number of nitrogens with one attached hydrogen (secondary N) is 1. The summed E-state index contributed by atoms with van der Waals surface area (Å²) in [5, 5.41) is 5.16. The number of rotatable bonds is 10. The molecule has 0 bridgehead atoms. The van der Waals surface area contributed by atoms with E-state index in [0.717, 1.165) is 4.88 Å². The molecule has 1 N–H and O–H groups in total. The second-order valence-electron chi connectivity index (χ2n) is 5.27. The minimum Gasteiger partial charge on any atom is -0.465 e. The van der Waals surface area contributed by atoms with Crippen LogP contribution in [0.15, 0.2) is 41.8 Å². The second-order valence-corrected chi connectivity index (χ2v) is 7.64. The zero-order valence-corrected chi connectivity index (χ0v) is 16.3. The molecule has 0 aliphatic heterocycles. The lowest BCUT2D eigenvalue weighted by molar-refractivity contribution is -0.140. The smallest absolute Gasteiger partial charge is 0.315 e. The first-order valence-corrected chi connectivity index (χ1v) is 10.3. The second kappa shape index (κ2) is 11.0. The monoisotopic (exact) mass is 411 g/mol. The van der Waals surface area contributed by atoms with Crippen molar-refractivity contribution in [3.05, 3.63) is 51.7 Å². The van der Waals surface area contributed by atoms with Crippen LogP contribution in [-0.2, 0) is 14.3 Å². The molecule has 1 amide bonds. The summed E-state index contributed by atoms with van der Waals surface area (Å²) in [7, 11) is 0. The minimum atomic E-state index is -0.391. The average molecular weight is 412 g/mol. The number of benzene rings is 1. The molecule has 0 saturated carbocycles. The van der Waals surface area contributed by atoms with E-state index in [1.54, 1.807) is 30.3 Å². The van der Waals surface area contributed by atoms with Gasteiger partial charge in [-0.25, -0.2) is 0 Å². The van der Waals surface area contributed by atoms with Gasteiger partial charge in [-0.15, -0.1) is 23.1 Å². The van der Waals surface area contributed by atoms with E-state index in [1.807, 2.05) is 11.4 Å². The van der Waals surface area contributed by atoms with Gasteiger partial charge in [0.25, 0.3) is 0 Å². The molecule has 26 heavy (non-hydrogen) atoms. The number of halogens is 1. The van der Waals surface area contributed by atoms with Crippen molar-refractivity contribution < 1.29 is 19.1 Å². The Kier molecular flexibility index (Phi) is 8.67. The Balaban J connectivity index is 1.53. The minimum absolute atomic E-state index is 0.0595. The Morgan fingerprint density at radius 3 is 2.58 bits per heavy atom. The molecule has 0 atom stereocenters. The third-order valence-electron chi connectivity index (χ3n) is 3.19. The summed E-state index contributed by atoms with van der Waals surface area (Å²) < 4.78 is 5.07. The van der Waals surface area contributed by atoms with Crippen molar-refractivity contribution in [3.63, 3.8) is 0 Å². The predicted molar refractivity (Wildman–Crippen MR) is 106 cm³/mol. The lowest BCUT2D eigenvalue weighted by atomic mass is 10.2. The fourth-order valence-corrected chi connectivity index (χ4v) is 3.41. The number of thioether (sulfide) groups is 1. The molecular formula is C18H18ClNO4S2. The van der Waals surface area contributed by atoms with Crippen molar-refractivity contribution in [1.29, 1.82) is 0 Å². The van der Waals surface area contributed by atoms with Crippen molar-refractivity contribution in [3.8, 4) is 0 Å². The Morgan fingerprint density at radius 1 is 1.12 bits per heavy atom. The molecule has 1 aromatic carbocycles. The number of hydrogen-bond acceptors (Lipinski definition) is 6. The van der Waals surface area contributed by atoms with Crippen LogP contribution >= 0.6 is 34.7 Å². The summed E-state index contributed by atoms with van der Waals surface area (Å²) in [5.41, 5.74) is 0.651. The van der Waals surface area contributed by atoms with Crippen LogP contribution in [0.3, 0.4) is 0 Å². The maximum absolute atomic E-state index is 11.8. The summed E-state index contributed by atoms with van der Waals surface area (Å²) in [6.07, 6.45) is 0.842. The first kappa shape index (κ1) is 20.5. The van der Waals surface area contributed by atoms with Crippen LogP contribution < -0.4 is 5.32 Å². The molecule has 0 fully saturated rings. The lowest BCUT2D eigenvalue weighted by Gasteiger charge is -2.06. The highest BCUT2D eigenvalue weighted by atomic mass is 35.5. The van der Waals surface area contributed by atoms with Crippen LogP contribution in [0, 0.1) is 0 Å². The predicted octanol–water partition coefficient (Wildman–Crippen LogP) is 4.28. The molecule has 2 rings (SSSR count). The number of amides is 1. The van der Waals surface area contributed by atoms with Gasteiger partial charge in [0.15, 0.2) is 5.78 Å². The highest BCUT2D eigenvalue weighted by molar-refractivity contribution is 8.00. The molecule has 1 heterocycles. The largest absolute Gasteiger partial charge is 0.465 e. The number of carbonyl (C=O) groups excluding carboxylic acids is 3. The van der Waals surface area contributed by atoms with Crippen molar-refractivity contribution in [2.45, 2.75) is 12.8 Å². The molecule has 5 nitrogen and oxygen atoms in total. The first-order chi connectivity index (χ1) is 12.5. The van der Waals surface area contributed by atoms with Crippen LogP contribution in [-0.4, -0.2) is 35.8 Å². The van der Waals surface area contributed by atoms with E-state index < -0.39 is 5.97 Å². The van der Waals surface area contributed by atoms with Gasteiger partial charge in [-0.2, -0.15) is 0 Å². The number of anilines is 1. The molecule has 0 spiro atoms. The van der Waals surface area contributed by atoms with Crippen molar-refractivity contribution in [2.75, 3.05) is 23.4 Å². The SMILES string of the molecule is O=C(CSCC(=O)OCCCC(=O)c1cccs1)Nc1ccc(Cl)cc1. The zero-order valence-electron chi connectivity index (χ0n) is 13.9. The Morgan fingerprint density at radius 2 is 1.88 bits per heavy atom. The number of carbonyl (C=O) groups is 3. The van der Waals surface area contributed by atoms with Crippen molar-refractivity contribution >= 4 is 58.0 Å². The molecule has 0 saturated heterocycles. The Labute approximate surface area is 165 Å². The van der Waals surface area contributed by atoms with Gasteiger partial charge < -0.3 is 10.1 Å². The summed E-state index contributed by atoms with van der Waals surface area (Å²) in [5.74, 6) is -0.296. The number of hydrogen-bond donors (Lipinski definition) is 1. The molecular weight excluding hydrogens is 394 g/mol. The molecule has 8 heteroatoms. The highest BCUT2D eigenvalue weighted by Crippen LogP contribution is 2.14. The van der Waals surface area contributed by atoms with E-state index in [2.05, 4.69) is 5.32 Å². The van der Waals surface area contributed by atoms with E-state index in [1.165, 1.54) is 23.1 Å². The van der Waals surface area contributed by atoms with E-state index in [-0.39, 0.29) is 29.8 Å². The van der Waals surface area contributed by atoms with E-state index in [4.69, 9.17) is 16.3 Å². The van der Waals surface area contributed by atoms with Gasteiger partial charge in [-0.05, 0) is 42.1 Å². The topological polar surface area (TPSA) is 72.5 Å². The normalized spacial score (nSPS) is 10.3.